The summed E-state index contributed by atoms with van der Waals surface area (Å²) >= 11 is 1.66. The van der Waals surface area contributed by atoms with Gasteiger partial charge in [-0.05, 0) is 24.0 Å². The summed E-state index contributed by atoms with van der Waals surface area (Å²) in [7, 11) is 0. The lowest BCUT2D eigenvalue weighted by molar-refractivity contribution is -0.129. The fraction of sp³-hybridized carbons (Fsp3) is 0.571. The first-order valence-corrected chi connectivity index (χ1v) is 7.34. The van der Waals surface area contributed by atoms with Gasteiger partial charge in [0.25, 0.3) is 5.91 Å². The fourth-order valence-electron chi connectivity index (χ4n) is 2.11. The Morgan fingerprint density at radius 3 is 2.37 bits per heavy atom. The summed E-state index contributed by atoms with van der Waals surface area (Å²) in [6.07, 6.45) is 0.982. The molecule has 2 heterocycles. The zero-order valence-corrected chi connectivity index (χ0v) is 12.6. The number of amides is 3. The molecule has 1 fully saturated rings. The monoisotopic (exact) mass is 280 g/mol. The molecule has 1 aliphatic heterocycles. The third kappa shape index (κ3) is 2.81. The van der Waals surface area contributed by atoms with E-state index in [0.29, 0.717) is 6.54 Å². The quantitative estimate of drug-likeness (QED) is 0.866. The number of rotatable bonds is 3. The third-order valence-electron chi connectivity index (χ3n) is 3.27. The van der Waals surface area contributed by atoms with Crippen LogP contribution in [0.5, 0.6) is 0 Å². The van der Waals surface area contributed by atoms with Crippen LogP contribution in [0.15, 0.2) is 12.1 Å². The third-order valence-corrected chi connectivity index (χ3v) is 4.49. The van der Waals surface area contributed by atoms with E-state index < -0.39 is 6.04 Å². The Hall–Kier alpha value is -1.36. The van der Waals surface area contributed by atoms with Gasteiger partial charge in [-0.15, -0.1) is 11.3 Å². The predicted octanol–water partition coefficient (Wildman–Crippen LogP) is 2.78. The second kappa shape index (κ2) is 4.96. The number of nitrogens with zero attached hydrogens (tertiary/aromatic N) is 1. The molecule has 1 aromatic rings. The summed E-state index contributed by atoms with van der Waals surface area (Å²) in [5.41, 5.74) is -0.258. The highest BCUT2D eigenvalue weighted by Crippen LogP contribution is 2.27. The molecule has 0 spiro atoms. The van der Waals surface area contributed by atoms with E-state index in [2.05, 4.69) is 18.3 Å². The standard InChI is InChI=1S/C14H20N2O2S/c1-5-9-6-7-10(19-9)8-16-12(17)11(14(2,3)4)15-13(16)18/h6-7,11H,5,8H2,1-4H3,(H,15,18)/t11-/m1/s1. The van der Waals surface area contributed by atoms with Crippen molar-refractivity contribution in [2.24, 2.45) is 5.41 Å². The van der Waals surface area contributed by atoms with Crippen molar-refractivity contribution in [3.63, 3.8) is 0 Å². The Morgan fingerprint density at radius 1 is 1.26 bits per heavy atom. The van der Waals surface area contributed by atoms with Crippen LogP contribution in [0.1, 0.15) is 37.4 Å². The van der Waals surface area contributed by atoms with Crippen molar-refractivity contribution >= 4 is 23.3 Å². The fourth-order valence-corrected chi connectivity index (χ4v) is 3.06. The Morgan fingerprint density at radius 2 is 1.89 bits per heavy atom. The van der Waals surface area contributed by atoms with E-state index in [0.717, 1.165) is 11.3 Å². The number of thiophene rings is 1. The van der Waals surface area contributed by atoms with Crippen molar-refractivity contribution in [2.75, 3.05) is 0 Å². The average molecular weight is 280 g/mol. The van der Waals surface area contributed by atoms with Gasteiger partial charge in [0.15, 0.2) is 0 Å². The molecule has 0 unspecified atom stereocenters. The van der Waals surface area contributed by atoms with Gasteiger partial charge in [0.05, 0.1) is 6.54 Å². The molecule has 0 saturated carbocycles. The maximum Gasteiger partial charge on any atom is 0.325 e. The van der Waals surface area contributed by atoms with Gasteiger partial charge in [-0.1, -0.05) is 27.7 Å². The van der Waals surface area contributed by atoms with E-state index in [4.69, 9.17) is 0 Å². The molecule has 0 aromatic carbocycles. The topological polar surface area (TPSA) is 49.4 Å². The van der Waals surface area contributed by atoms with E-state index in [1.54, 1.807) is 11.3 Å². The highest BCUT2D eigenvalue weighted by atomic mass is 32.1. The van der Waals surface area contributed by atoms with E-state index in [1.165, 1.54) is 9.78 Å². The molecular formula is C14H20N2O2S. The van der Waals surface area contributed by atoms with Gasteiger partial charge in [-0.2, -0.15) is 0 Å². The Balaban J connectivity index is 2.13. The lowest BCUT2D eigenvalue weighted by atomic mass is 9.87. The largest absolute Gasteiger partial charge is 0.325 e. The number of hydrogen-bond acceptors (Lipinski definition) is 3. The number of carbonyl (C=O) groups is 2. The maximum absolute atomic E-state index is 12.3. The van der Waals surface area contributed by atoms with Gasteiger partial charge in [0, 0.05) is 9.75 Å². The van der Waals surface area contributed by atoms with Crippen molar-refractivity contribution in [1.29, 1.82) is 0 Å². The Bertz CT molecular complexity index is 502. The summed E-state index contributed by atoms with van der Waals surface area (Å²) in [6.45, 7) is 8.35. The minimum atomic E-state index is -0.425. The van der Waals surface area contributed by atoms with E-state index in [9.17, 15) is 9.59 Å². The van der Waals surface area contributed by atoms with Gasteiger partial charge in [-0.3, -0.25) is 9.69 Å². The van der Waals surface area contributed by atoms with Gasteiger partial charge in [-0.25, -0.2) is 4.79 Å². The molecule has 0 bridgehead atoms. The molecule has 0 aliphatic carbocycles. The molecule has 104 valence electrons. The number of imide groups is 1. The van der Waals surface area contributed by atoms with Gasteiger partial charge >= 0.3 is 6.03 Å². The van der Waals surface area contributed by atoms with Crippen LogP contribution < -0.4 is 5.32 Å². The SMILES string of the molecule is CCc1ccc(CN2C(=O)N[C@@H](C(C)(C)C)C2=O)s1. The van der Waals surface area contributed by atoms with E-state index in [-0.39, 0.29) is 17.4 Å². The summed E-state index contributed by atoms with van der Waals surface area (Å²) < 4.78 is 0. The normalized spacial score (nSPS) is 20.0. The van der Waals surface area contributed by atoms with Crippen LogP contribution in [0, 0.1) is 5.41 Å². The van der Waals surface area contributed by atoms with E-state index in [1.807, 2.05) is 26.8 Å². The number of hydrogen-bond donors (Lipinski definition) is 1. The van der Waals surface area contributed by atoms with E-state index >= 15 is 0 Å². The van der Waals surface area contributed by atoms with Gasteiger partial charge < -0.3 is 5.32 Å². The van der Waals surface area contributed by atoms with Crippen molar-refractivity contribution in [3.05, 3.63) is 21.9 Å². The van der Waals surface area contributed by atoms with Crippen LogP contribution in [0.2, 0.25) is 0 Å². The number of nitrogens with one attached hydrogen (secondary N) is 1. The molecule has 1 aliphatic rings. The van der Waals surface area contributed by atoms with Crippen molar-refractivity contribution in [2.45, 2.75) is 46.7 Å². The molecular weight excluding hydrogens is 260 g/mol. The Kier molecular flexibility index (Phi) is 3.67. The number of aryl methyl sites for hydroxylation is 1. The average Bonchev–Trinajstić information content (AvgIpc) is 2.88. The molecule has 2 rings (SSSR count). The molecule has 4 nitrogen and oxygen atoms in total. The zero-order chi connectivity index (χ0) is 14.2. The Labute approximate surface area is 117 Å². The number of urea groups is 1. The summed E-state index contributed by atoms with van der Waals surface area (Å²) in [4.78, 5) is 27.9. The number of carbonyl (C=O) groups excluding carboxylic acids is 2. The minimum Gasteiger partial charge on any atom is -0.325 e. The second-order valence-corrected chi connectivity index (χ2v) is 7.15. The maximum atomic E-state index is 12.3. The summed E-state index contributed by atoms with van der Waals surface area (Å²) in [5.74, 6) is -0.121. The zero-order valence-electron chi connectivity index (χ0n) is 11.8. The first-order chi connectivity index (χ1) is 8.82. The minimum absolute atomic E-state index is 0.121. The predicted molar refractivity (Wildman–Crippen MR) is 76.0 cm³/mol. The van der Waals surface area contributed by atoms with Crippen molar-refractivity contribution in [1.82, 2.24) is 10.2 Å². The molecule has 19 heavy (non-hydrogen) atoms. The van der Waals surface area contributed by atoms with Crippen LogP contribution in [0.3, 0.4) is 0 Å². The smallest absolute Gasteiger partial charge is 0.325 e. The van der Waals surface area contributed by atoms with Gasteiger partial charge in [0.1, 0.15) is 6.04 Å². The molecule has 1 saturated heterocycles. The molecule has 1 N–H and O–H groups in total. The van der Waals surface area contributed by atoms with Crippen LogP contribution >= 0.6 is 11.3 Å². The van der Waals surface area contributed by atoms with Crippen LogP contribution in [-0.4, -0.2) is 22.9 Å². The molecule has 0 radical (unpaired) electrons. The summed E-state index contributed by atoms with van der Waals surface area (Å²) in [5, 5.41) is 2.78. The lowest BCUT2D eigenvalue weighted by Gasteiger charge is -2.24. The molecule has 1 atom stereocenters. The van der Waals surface area contributed by atoms with Crippen LogP contribution in [0.4, 0.5) is 4.79 Å². The highest BCUT2D eigenvalue weighted by molar-refractivity contribution is 7.11. The van der Waals surface area contributed by atoms with Crippen LogP contribution in [0.25, 0.3) is 0 Å². The van der Waals surface area contributed by atoms with Crippen LogP contribution in [-0.2, 0) is 17.8 Å². The lowest BCUT2D eigenvalue weighted by Crippen LogP contribution is -2.41. The molecule has 1 aromatic heterocycles. The van der Waals surface area contributed by atoms with Gasteiger partial charge in [0.2, 0.25) is 0 Å². The first kappa shape index (κ1) is 14.1. The summed E-state index contributed by atoms with van der Waals surface area (Å²) in [6, 6.07) is 3.34. The first-order valence-electron chi connectivity index (χ1n) is 6.52. The van der Waals surface area contributed by atoms with Crippen molar-refractivity contribution in [3.8, 4) is 0 Å². The highest BCUT2D eigenvalue weighted by Gasteiger charge is 2.44. The van der Waals surface area contributed by atoms with Crippen molar-refractivity contribution < 1.29 is 9.59 Å². The molecule has 3 amide bonds. The molecule has 5 heteroatoms. The second-order valence-electron chi connectivity index (χ2n) is 5.89.